The molecule has 0 aliphatic carbocycles. The van der Waals surface area contributed by atoms with Gasteiger partial charge in [0.1, 0.15) is 0 Å². The van der Waals surface area contributed by atoms with Crippen molar-refractivity contribution in [2.24, 2.45) is 0 Å². The summed E-state index contributed by atoms with van der Waals surface area (Å²) < 4.78 is 10.6. The molecule has 0 spiro atoms. The van der Waals surface area contributed by atoms with Gasteiger partial charge in [0.05, 0.1) is 18.6 Å². The lowest BCUT2D eigenvalue weighted by atomic mass is 10.1. The van der Waals surface area contributed by atoms with Crippen LogP contribution in [0.3, 0.4) is 0 Å². The third kappa shape index (κ3) is 3.76. The van der Waals surface area contributed by atoms with E-state index in [1.807, 2.05) is 13.8 Å². The molecule has 1 aromatic rings. The second kappa shape index (κ2) is 5.77. The van der Waals surface area contributed by atoms with Crippen LogP contribution >= 0.6 is 0 Å². The maximum atomic E-state index is 5.35. The number of aromatic nitrogens is 2. The molecule has 2 rings (SSSR count). The van der Waals surface area contributed by atoms with Gasteiger partial charge in [-0.3, -0.25) is 4.90 Å². The fourth-order valence-electron chi connectivity index (χ4n) is 1.93. The number of methoxy groups -OCH3 is 1. The summed E-state index contributed by atoms with van der Waals surface area (Å²) in [5, 5.41) is 7.35. The average Bonchev–Trinajstić information content (AvgIpc) is 2.77. The molecule has 0 saturated carbocycles. The van der Waals surface area contributed by atoms with Crippen molar-refractivity contribution in [2.75, 3.05) is 33.3 Å². The van der Waals surface area contributed by atoms with E-state index in [4.69, 9.17) is 9.26 Å². The zero-order valence-corrected chi connectivity index (χ0v) is 11.4. The van der Waals surface area contributed by atoms with Crippen LogP contribution in [0.15, 0.2) is 4.52 Å². The first-order valence-electron chi connectivity index (χ1n) is 6.39. The van der Waals surface area contributed by atoms with Gasteiger partial charge < -0.3 is 14.6 Å². The van der Waals surface area contributed by atoms with Gasteiger partial charge in [0, 0.05) is 33.3 Å². The fraction of sp³-hybridized carbons (Fsp3) is 0.833. The molecular formula is C12H22N4O2. The van der Waals surface area contributed by atoms with Crippen molar-refractivity contribution < 1.29 is 9.26 Å². The topological polar surface area (TPSA) is 63.4 Å². The first-order chi connectivity index (χ1) is 8.59. The Morgan fingerprint density at radius 3 is 2.78 bits per heavy atom. The molecule has 102 valence electrons. The summed E-state index contributed by atoms with van der Waals surface area (Å²) in [5.41, 5.74) is -0.265. The predicted molar refractivity (Wildman–Crippen MR) is 67.2 cm³/mol. The average molecular weight is 254 g/mol. The van der Waals surface area contributed by atoms with Crippen molar-refractivity contribution in [3.8, 4) is 0 Å². The quantitative estimate of drug-likeness (QED) is 0.823. The number of nitrogens with zero attached hydrogens (tertiary/aromatic N) is 3. The molecule has 1 aliphatic rings. The third-order valence-corrected chi connectivity index (χ3v) is 3.21. The summed E-state index contributed by atoms with van der Waals surface area (Å²) in [5.74, 6) is 1.41. The Labute approximate surface area is 108 Å². The summed E-state index contributed by atoms with van der Waals surface area (Å²) in [6.45, 7) is 8.91. The Morgan fingerprint density at radius 1 is 1.39 bits per heavy atom. The summed E-state index contributed by atoms with van der Waals surface area (Å²) in [4.78, 5) is 6.74. The highest BCUT2D eigenvalue weighted by molar-refractivity contribution is 4.91. The van der Waals surface area contributed by atoms with E-state index in [1.54, 1.807) is 7.11 Å². The van der Waals surface area contributed by atoms with Gasteiger partial charge in [-0.1, -0.05) is 5.16 Å². The SMILES string of the molecule is COC(C)(C)Cc1nc(CN2CCNCC2)no1. The minimum absolute atomic E-state index is 0.265. The molecule has 0 aromatic carbocycles. The lowest BCUT2D eigenvalue weighted by Crippen LogP contribution is -2.43. The summed E-state index contributed by atoms with van der Waals surface area (Å²) in [7, 11) is 1.69. The molecule has 1 aliphatic heterocycles. The molecule has 1 aromatic heterocycles. The lowest BCUT2D eigenvalue weighted by molar-refractivity contribution is 0.0170. The Bertz CT molecular complexity index is 372. The van der Waals surface area contributed by atoms with E-state index in [9.17, 15) is 0 Å². The zero-order chi connectivity index (χ0) is 13.0. The zero-order valence-electron chi connectivity index (χ0n) is 11.4. The Morgan fingerprint density at radius 2 is 2.11 bits per heavy atom. The van der Waals surface area contributed by atoms with E-state index in [-0.39, 0.29) is 5.60 Å². The number of piperazine rings is 1. The van der Waals surface area contributed by atoms with E-state index in [2.05, 4.69) is 20.4 Å². The van der Waals surface area contributed by atoms with Gasteiger partial charge in [0.15, 0.2) is 5.82 Å². The molecule has 0 radical (unpaired) electrons. The number of hydrogen-bond donors (Lipinski definition) is 1. The van der Waals surface area contributed by atoms with Crippen LogP contribution in [-0.4, -0.2) is 53.9 Å². The molecule has 6 nitrogen and oxygen atoms in total. The number of ether oxygens (including phenoxy) is 1. The highest BCUT2D eigenvalue weighted by Crippen LogP contribution is 2.15. The van der Waals surface area contributed by atoms with Crippen molar-refractivity contribution in [1.82, 2.24) is 20.4 Å². The molecule has 0 amide bonds. The molecule has 6 heteroatoms. The molecule has 0 bridgehead atoms. The monoisotopic (exact) mass is 254 g/mol. The highest BCUT2D eigenvalue weighted by Gasteiger charge is 2.22. The second-order valence-corrected chi connectivity index (χ2v) is 5.27. The first kappa shape index (κ1) is 13.5. The minimum Gasteiger partial charge on any atom is -0.378 e. The van der Waals surface area contributed by atoms with Crippen molar-refractivity contribution in [2.45, 2.75) is 32.4 Å². The van der Waals surface area contributed by atoms with Gasteiger partial charge in [-0.2, -0.15) is 4.98 Å². The molecule has 0 atom stereocenters. The van der Waals surface area contributed by atoms with Crippen molar-refractivity contribution in [1.29, 1.82) is 0 Å². The van der Waals surface area contributed by atoms with E-state index in [0.717, 1.165) is 38.5 Å². The smallest absolute Gasteiger partial charge is 0.229 e. The second-order valence-electron chi connectivity index (χ2n) is 5.27. The van der Waals surface area contributed by atoms with Crippen LogP contribution in [0.4, 0.5) is 0 Å². The summed E-state index contributed by atoms with van der Waals surface area (Å²) >= 11 is 0. The number of hydrogen-bond acceptors (Lipinski definition) is 6. The van der Waals surface area contributed by atoms with Gasteiger partial charge in [0.2, 0.25) is 5.89 Å². The van der Waals surface area contributed by atoms with Crippen LogP contribution in [0.1, 0.15) is 25.6 Å². The molecule has 0 unspecified atom stereocenters. The maximum absolute atomic E-state index is 5.35. The lowest BCUT2D eigenvalue weighted by Gasteiger charge is -2.25. The van der Waals surface area contributed by atoms with Gasteiger partial charge in [-0.05, 0) is 13.8 Å². The van der Waals surface area contributed by atoms with Crippen LogP contribution < -0.4 is 5.32 Å². The van der Waals surface area contributed by atoms with E-state index in [1.165, 1.54) is 0 Å². The molecular weight excluding hydrogens is 232 g/mol. The standard InChI is InChI=1S/C12H22N4O2/c1-12(2,17-3)8-11-14-10(15-18-11)9-16-6-4-13-5-7-16/h13H,4-9H2,1-3H3. The molecule has 2 heterocycles. The highest BCUT2D eigenvalue weighted by atomic mass is 16.5. The fourth-order valence-corrected chi connectivity index (χ4v) is 1.93. The maximum Gasteiger partial charge on any atom is 0.229 e. The number of rotatable bonds is 5. The van der Waals surface area contributed by atoms with Crippen LogP contribution in [0.5, 0.6) is 0 Å². The van der Waals surface area contributed by atoms with Gasteiger partial charge >= 0.3 is 0 Å². The Hall–Kier alpha value is -0.980. The third-order valence-electron chi connectivity index (χ3n) is 3.21. The van der Waals surface area contributed by atoms with E-state index < -0.39 is 0 Å². The van der Waals surface area contributed by atoms with E-state index in [0.29, 0.717) is 12.3 Å². The Balaban J connectivity index is 1.89. The molecule has 18 heavy (non-hydrogen) atoms. The van der Waals surface area contributed by atoms with Crippen molar-refractivity contribution >= 4 is 0 Å². The number of nitrogens with one attached hydrogen (secondary N) is 1. The normalized spacial score (nSPS) is 18.2. The molecule has 1 fully saturated rings. The largest absolute Gasteiger partial charge is 0.378 e. The molecule has 1 saturated heterocycles. The Kier molecular flexibility index (Phi) is 4.31. The summed E-state index contributed by atoms with van der Waals surface area (Å²) in [6.07, 6.45) is 0.637. The van der Waals surface area contributed by atoms with Gasteiger partial charge in [-0.15, -0.1) is 0 Å². The van der Waals surface area contributed by atoms with Gasteiger partial charge in [0.25, 0.3) is 0 Å². The summed E-state index contributed by atoms with van der Waals surface area (Å²) in [6, 6.07) is 0. The van der Waals surface area contributed by atoms with Crippen molar-refractivity contribution in [3.05, 3.63) is 11.7 Å². The van der Waals surface area contributed by atoms with E-state index >= 15 is 0 Å². The predicted octanol–water partition coefficient (Wildman–Crippen LogP) is 0.442. The minimum atomic E-state index is -0.265. The van der Waals surface area contributed by atoms with Crippen LogP contribution in [0.25, 0.3) is 0 Å². The molecule has 1 N–H and O–H groups in total. The van der Waals surface area contributed by atoms with Gasteiger partial charge in [-0.25, -0.2) is 0 Å². The van der Waals surface area contributed by atoms with Crippen LogP contribution in [-0.2, 0) is 17.7 Å². The van der Waals surface area contributed by atoms with Crippen LogP contribution in [0, 0.1) is 0 Å². The van der Waals surface area contributed by atoms with Crippen molar-refractivity contribution in [3.63, 3.8) is 0 Å². The van der Waals surface area contributed by atoms with Crippen LogP contribution in [0.2, 0.25) is 0 Å². The first-order valence-corrected chi connectivity index (χ1v) is 6.39.